The van der Waals surface area contributed by atoms with Gasteiger partial charge in [-0.25, -0.2) is 9.18 Å². The largest absolute Gasteiger partial charge is 0.496 e. The molecular weight excluding hydrogens is 343 g/mol. The highest BCUT2D eigenvalue weighted by atomic mass is 19.1. The van der Waals surface area contributed by atoms with Crippen LogP contribution in [0.15, 0.2) is 12.1 Å². The van der Waals surface area contributed by atoms with Gasteiger partial charge < -0.3 is 19.5 Å². The average Bonchev–Trinajstić information content (AvgIpc) is 2.52. The van der Waals surface area contributed by atoms with Crippen LogP contribution in [0.2, 0.25) is 0 Å². The smallest absolute Gasteiger partial charge is 0.407 e. The Hall–Kier alpha value is -2.82. The van der Waals surface area contributed by atoms with Crippen LogP contribution in [-0.2, 0) is 4.74 Å². The molecule has 142 valence electrons. The Bertz CT molecular complexity index is 692. The van der Waals surface area contributed by atoms with Gasteiger partial charge in [0.05, 0.1) is 26.2 Å². The van der Waals surface area contributed by atoms with Gasteiger partial charge in [0.2, 0.25) is 0 Å². The molecule has 7 nitrogen and oxygen atoms in total. The third kappa shape index (κ3) is 6.97. The van der Waals surface area contributed by atoms with E-state index in [0.29, 0.717) is 6.42 Å². The van der Waals surface area contributed by atoms with Gasteiger partial charge in [-0.05, 0) is 27.2 Å². The van der Waals surface area contributed by atoms with E-state index in [-0.39, 0.29) is 36.6 Å². The zero-order valence-electron chi connectivity index (χ0n) is 15.3. The van der Waals surface area contributed by atoms with E-state index in [1.807, 2.05) is 0 Å². The topological polar surface area (TPSA) is 97.7 Å². The Morgan fingerprint density at radius 1 is 1.27 bits per heavy atom. The summed E-state index contributed by atoms with van der Waals surface area (Å²) >= 11 is 0. The Labute approximate surface area is 152 Å². The fourth-order valence-electron chi connectivity index (χ4n) is 2.03. The minimum atomic E-state index is -0.628. The number of methoxy groups -OCH3 is 1. The Kier molecular flexibility index (Phi) is 7.84. The molecule has 0 saturated heterocycles. The summed E-state index contributed by atoms with van der Waals surface area (Å²) in [6.45, 7) is 5.67. The molecule has 0 aliphatic rings. The van der Waals surface area contributed by atoms with E-state index in [0.717, 1.165) is 12.1 Å². The number of carbonyl (C=O) groups excluding carboxylic acids is 2. The van der Waals surface area contributed by atoms with Gasteiger partial charge in [0.15, 0.2) is 5.78 Å². The maximum absolute atomic E-state index is 13.7. The van der Waals surface area contributed by atoms with Crippen molar-refractivity contribution in [3.05, 3.63) is 23.5 Å². The SMILES string of the molecule is COc1cc(F)cc(OCCCNC(=O)OC(C)(C)C)c1C(=O)CC#N. The molecule has 1 aromatic rings. The summed E-state index contributed by atoms with van der Waals surface area (Å²) in [5, 5.41) is 11.3. The van der Waals surface area contributed by atoms with Crippen molar-refractivity contribution in [2.75, 3.05) is 20.3 Å². The number of amides is 1. The minimum absolute atomic E-state index is 0.000585. The van der Waals surface area contributed by atoms with Crippen LogP contribution >= 0.6 is 0 Å². The first-order chi connectivity index (χ1) is 12.2. The van der Waals surface area contributed by atoms with E-state index in [1.54, 1.807) is 26.8 Å². The van der Waals surface area contributed by atoms with E-state index in [9.17, 15) is 14.0 Å². The molecule has 1 amide bonds. The first-order valence-electron chi connectivity index (χ1n) is 8.05. The van der Waals surface area contributed by atoms with Crippen LogP contribution in [0.25, 0.3) is 0 Å². The highest BCUT2D eigenvalue weighted by Crippen LogP contribution is 2.31. The monoisotopic (exact) mass is 366 g/mol. The Balaban J connectivity index is 2.67. The molecular formula is C18H23FN2O5. The van der Waals surface area contributed by atoms with Gasteiger partial charge in [-0.1, -0.05) is 0 Å². The van der Waals surface area contributed by atoms with E-state index in [2.05, 4.69) is 5.32 Å². The predicted molar refractivity (Wildman–Crippen MR) is 91.9 cm³/mol. The summed E-state index contributed by atoms with van der Waals surface area (Å²) in [6.07, 6.45) is -0.516. The number of benzene rings is 1. The molecule has 1 N–H and O–H groups in total. The third-order valence-electron chi connectivity index (χ3n) is 3.02. The summed E-state index contributed by atoms with van der Waals surface area (Å²) in [6, 6.07) is 3.87. The standard InChI is InChI=1S/C18H23FN2O5/c1-18(2,3)26-17(23)21-8-5-9-25-15-11-12(19)10-14(24-4)16(15)13(22)6-7-20/h10-11H,5-6,8-9H2,1-4H3,(H,21,23). The highest BCUT2D eigenvalue weighted by molar-refractivity contribution is 6.02. The summed E-state index contributed by atoms with van der Waals surface area (Å²) in [5.74, 6) is -1.14. The summed E-state index contributed by atoms with van der Waals surface area (Å²) in [5.41, 5.74) is -0.565. The number of nitriles is 1. The first kappa shape index (κ1) is 21.2. The molecule has 0 aliphatic heterocycles. The van der Waals surface area contributed by atoms with Crippen molar-refractivity contribution in [3.63, 3.8) is 0 Å². The van der Waals surface area contributed by atoms with Gasteiger partial charge in [0, 0.05) is 18.7 Å². The van der Waals surface area contributed by atoms with Crippen LogP contribution in [0.5, 0.6) is 11.5 Å². The maximum Gasteiger partial charge on any atom is 0.407 e. The van der Waals surface area contributed by atoms with Crippen molar-refractivity contribution in [2.24, 2.45) is 0 Å². The molecule has 1 aromatic carbocycles. The molecule has 1 rings (SSSR count). The van der Waals surface area contributed by atoms with E-state index < -0.39 is 23.3 Å². The number of carbonyl (C=O) groups is 2. The van der Waals surface area contributed by atoms with Crippen molar-refractivity contribution < 1.29 is 28.2 Å². The highest BCUT2D eigenvalue weighted by Gasteiger charge is 2.20. The second-order valence-corrected chi connectivity index (χ2v) is 6.37. The molecule has 0 aliphatic carbocycles. The fraction of sp³-hybridized carbons (Fsp3) is 0.500. The number of hydrogen-bond donors (Lipinski definition) is 1. The summed E-state index contributed by atoms with van der Waals surface area (Å²) in [4.78, 5) is 23.6. The van der Waals surface area contributed by atoms with Crippen LogP contribution in [0.4, 0.5) is 9.18 Å². The molecule has 0 radical (unpaired) electrons. The van der Waals surface area contributed by atoms with Crippen molar-refractivity contribution >= 4 is 11.9 Å². The molecule has 26 heavy (non-hydrogen) atoms. The van der Waals surface area contributed by atoms with Crippen LogP contribution < -0.4 is 14.8 Å². The van der Waals surface area contributed by atoms with Gasteiger partial charge in [-0.15, -0.1) is 0 Å². The molecule has 8 heteroatoms. The number of ketones is 1. The number of ether oxygens (including phenoxy) is 3. The number of halogens is 1. The lowest BCUT2D eigenvalue weighted by atomic mass is 10.1. The third-order valence-corrected chi connectivity index (χ3v) is 3.02. The van der Waals surface area contributed by atoms with E-state index >= 15 is 0 Å². The van der Waals surface area contributed by atoms with Crippen molar-refractivity contribution in [1.29, 1.82) is 5.26 Å². The van der Waals surface area contributed by atoms with E-state index in [4.69, 9.17) is 19.5 Å². The molecule has 0 saturated carbocycles. The Morgan fingerprint density at radius 2 is 1.92 bits per heavy atom. The lowest BCUT2D eigenvalue weighted by Crippen LogP contribution is -2.33. The number of nitrogens with zero attached hydrogens (tertiary/aromatic N) is 1. The summed E-state index contributed by atoms with van der Waals surface area (Å²) in [7, 11) is 1.30. The summed E-state index contributed by atoms with van der Waals surface area (Å²) < 4.78 is 29.3. The number of Topliss-reactive ketones (excluding diaryl/α,β-unsaturated/α-hetero) is 1. The Morgan fingerprint density at radius 3 is 2.50 bits per heavy atom. The zero-order chi connectivity index (χ0) is 19.7. The molecule has 0 atom stereocenters. The fourth-order valence-corrected chi connectivity index (χ4v) is 2.03. The van der Waals surface area contributed by atoms with Crippen LogP contribution in [0.1, 0.15) is 44.0 Å². The van der Waals surface area contributed by atoms with Crippen LogP contribution in [0.3, 0.4) is 0 Å². The first-order valence-corrected chi connectivity index (χ1v) is 8.05. The lowest BCUT2D eigenvalue weighted by Gasteiger charge is -2.19. The van der Waals surface area contributed by atoms with Gasteiger partial charge >= 0.3 is 6.09 Å². The minimum Gasteiger partial charge on any atom is -0.496 e. The van der Waals surface area contributed by atoms with Gasteiger partial charge in [-0.3, -0.25) is 4.79 Å². The number of hydrogen-bond acceptors (Lipinski definition) is 6. The van der Waals surface area contributed by atoms with Crippen molar-refractivity contribution in [1.82, 2.24) is 5.32 Å². The second-order valence-electron chi connectivity index (χ2n) is 6.37. The van der Waals surface area contributed by atoms with Crippen LogP contribution in [-0.4, -0.2) is 37.7 Å². The zero-order valence-corrected chi connectivity index (χ0v) is 15.3. The van der Waals surface area contributed by atoms with Crippen molar-refractivity contribution in [3.8, 4) is 17.6 Å². The second kappa shape index (κ2) is 9.61. The molecule has 0 fully saturated rings. The van der Waals surface area contributed by atoms with Gasteiger partial charge in [0.25, 0.3) is 0 Å². The van der Waals surface area contributed by atoms with Gasteiger partial charge in [0.1, 0.15) is 28.5 Å². The normalized spacial score (nSPS) is 10.6. The molecule has 0 unspecified atom stereocenters. The number of nitrogens with one attached hydrogen (secondary N) is 1. The predicted octanol–water partition coefficient (Wildman–Crippen LogP) is 3.22. The number of alkyl carbamates (subject to hydrolysis) is 1. The molecule has 0 spiro atoms. The molecule has 0 heterocycles. The molecule has 0 aromatic heterocycles. The molecule has 0 bridgehead atoms. The van der Waals surface area contributed by atoms with E-state index in [1.165, 1.54) is 7.11 Å². The average molecular weight is 366 g/mol. The van der Waals surface area contributed by atoms with Crippen molar-refractivity contribution in [2.45, 2.75) is 39.2 Å². The van der Waals surface area contributed by atoms with Gasteiger partial charge in [-0.2, -0.15) is 5.26 Å². The quantitative estimate of drug-likeness (QED) is 0.560. The lowest BCUT2D eigenvalue weighted by molar-refractivity contribution is 0.0525. The number of rotatable bonds is 8. The van der Waals surface area contributed by atoms with Crippen LogP contribution in [0, 0.1) is 17.1 Å². The maximum atomic E-state index is 13.7.